The van der Waals surface area contributed by atoms with Crippen molar-refractivity contribution in [2.24, 2.45) is 0 Å². The molecule has 0 aliphatic carbocycles. The highest BCUT2D eigenvalue weighted by Gasteiger charge is 2.28. The van der Waals surface area contributed by atoms with Gasteiger partial charge in [-0.2, -0.15) is 4.31 Å². The predicted octanol–water partition coefficient (Wildman–Crippen LogP) is 1.24. The number of hydrogen-bond acceptors (Lipinski definition) is 4. The number of rotatable bonds is 5. The molecule has 1 aromatic rings. The maximum absolute atomic E-state index is 12.5. The minimum absolute atomic E-state index is 0.309. The molecule has 0 atom stereocenters. The van der Waals surface area contributed by atoms with Crippen LogP contribution in [0.3, 0.4) is 0 Å². The lowest BCUT2D eigenvalue weighted by molar-refractivity contribution is 0.197. The van der Waals surface area contributed by atoms with E-state index < -0.39 is 10.0 Å². The fourth-order valence-corrected chi connectivity index (χ4v) is 3.87. The van der Waals surface area contributed by atoms with Gasteiger partial charge in [0.2, 0.25) is 10.0 Å². The van der Waals surface area contributed by atoms with E-state index in [1.165, 1.54) is 4.31 Å². The first-order valence-electron chi connectivity index (χ1n) is 6.50. The van der Waals surface area contributed by atoms with Crippen LogP contribution in [-0.4, -0.2) is 63.3 Å². The standard InChI is InChI=1S/C13H19ClN2O3S/c1-19-12-2-4-13(5-3-12)20(17,18)16-10-8-15(7-6-14)9-11-16/h2-5H,6-11H2,1H3. The third kappa shape index (κ3) is 3.44. The van der Waals surface area contributed by atoms with Gasteiger partial charge >= 0.3 is 0 Å². The van der Waals surface area contributed by atoms with Gasteiger partial charge < -0.3 is 4.74 Å². The topological polar surface area (TPSA) is 49.9 Å². The van der Waals surface area contributed by atoms with Crippen LogP contribution in [0.15, 0.2) is 29.2 Å². The van der Waals surface area contributed by atoms with Crippen molar-refractivity contribution in [1.82, 2.24) is 9.21 Å². The van der Waals surface area contributed by atoms with Crippen LogP contribution >= 0.6 is 11.6 Å². The van der Waals surface area contributed by atoms with Gasteiger partial charge in [-0.15, -0.1) is 11.6 Å². The highest BCUT2D eigenvalue weighted by Crippen LogP contribution is 2.20. The van der Waals surface area contributed by atoms with Crippen LogP contribution in [0.1, 0.15) is 0 Å². The van der Waals surface area contributed by atoms with Crippen molar-refractivity contribution in [2.75, 3.05) is 45.7 Å². The summed E-state index contributed by atoms with van der Waals surface area (Å²) in [5.41, 5.74) is 0. The second-order valence-electron chi connectivity index (χ2n) is 4.61. The second-order valence-corrected chi connectivity index (χ2v) is 6.93. The molecule has 2 rings (SSSR count). The molecule has 0 saturated carbocycles. The molecule has 112 valence electrons. The molecule has 1 aliphatic heterocycles. The molecule has 20 heavy (non-hydrogen) atoms. The van der Waals surface area contributed by atoms with Crippen molar-refractivity contribution in [3.63, 3.8) is 0 Å². The van der Waals surface area contributed by atoms with Gasteiger partial charge in [0.25, 0.3) is 0 Å². The Kier molecular flexibility index (Phi) is 5.26. The third-order valence-corrected chi connectivity index (χ3v) is 5.51. The van der Waals surface area contributed by atoms with E-state index in [9.17, 15) is 8.42 Å². The fraction of sp³-hybridized carbons (Fsp3) is 0.538. The van der Waals surface area contributed by atoms with Gasteiger partial charge in [0, 0.05) is 38.6 Å². The zero-order chi connectivity index (χ0) is 14.6. The SMILES string of the molecule is COc1ccc(S(=O)(=O)N2CCN(CCCl)CC2)cc1. The van der Waals surface area contributed by atoms with Crippen molar-refractivity contribution in [1.29, 1.82) is 0 Å². The van der Waals surface area contributed by atoms with E-state index in [2.05, 4.69) is 4.90 Å². The summed E-state index contributed by atoms with van der Waals surface area (Å²) in [6.45, 7) is 3.26. The molecule has 1 fully saturated rings. The van der Waals surface area contributed by atoms with E-state index in [4.69, 9.17) is 16.3 Å². The lowest BCUT2D eigenvalue weighted by Gasteiger charge is -2.33. The highest BCUT2D eigenvalue weighted by molar-refractivity contribution is 7.89. The lowest BCUT2D eigenvalue weighted by atomic mass is 10.3. The van der Waals surface area contributed by atoms with Crippen molar-refractivity contribution in [3.05, 3.63) is 24.3 Å². The Bertz CT molecular complexity index is 525. The zero-order valence-corrected chi connectivity index (χ0v) is 13.0. The summed E-state index contributed by atoms with van der Waals surface area (Å²) in [4.78, 5) is 2.48. The average molecular weight is 319 g/mol. The molecule has 0 unspecified atom stereocenters. The minimum Gasteiger partial charge on any atom is -0.497 e. The lowest BCUT2D eigenvalue weighted by Crippen LogP contribution is -2.48. The van der Waals surface area contributed by atoms with E-state index in [1.807, 2.05) is 0 Å². The number of piperazine rings is 1. The van der Waals surface area contributed by atoms with E-state index in [0.717, 1.165) is 19.6 Å². The molecule has 0 spiro atoms. The van der Waals surface area contributed by atoms with Crippen LogP contribution < -0.4 is 4.74 Å². The van der Waals surface area contributed by atoms with Crippen LogP contribution in [0.2, 0.25) is 0 Å². The van der Waals surface area contributed by atoms with Gasteiger partial charge in [0.05, 0.1) is 12.0 Å². The molecule has 5 nitrogen and oxygen atoms in total. The van der Waals surface area contributed by atoms with Gasteiger partial charge in [0.15, 0.2) is 0 Å². The zero-order valence-electron chi connectivity index (χ0n) is 11.5. The summed E-state index contributed by atoms with van der Waals surface area (Å²) in [6, 6.07) is 6.49. The van der Waals surface area contributed by atoms with Gasteiger partial charge in [0.1, 0.15) is 5.75 Å². The molecule has 1 saturated heterocycles. The summed E-state index contributed by atoms with van der Waals surface area (Å²) in [5, 5.41) is 0. The quantitative estimate of drug-likeness (QED) is 0.767. The Labute approximate surface area is 125 Å². The Balaban J connectivity index is 2.07. The van der Waals surface area contributed by atoms with Crippen molar-refractivity contribution in [3.8, 4) is 5.75 Å². The largest absolute Gasteiger partial charge is 0.497 e. The minimum atomic E-state index is -3.41. The molecule has 1 aromatic carbocycles. The Hall–Kier alpha value is -0.820. The molecule has 0 bridgehead atoms. The van der Waals surface area contributed by atoms with E-state index >= 15 is 0 Å². The number of methoxy groups -OCH3 is 1. The third-order valence-electron chi connectivity index (χ3n) is 3.43. The number of ether oxygens (including phenoxy) is 1. The van der Waals surface area contributed by atoms with Crippen LogP contribution in [0.25, 0.3) is 0 Å². The maximum Gasteiger partial charge on any atom is 0.243 e. The number of halogens is 1. The van der Waals surface area contributed by atoms with Crippen LogP contribution in [-0.2, 0) is 10.0 Å². The molecule has 0 N–H and O–H groups in total. The van der Waals surface area contributed by atoms with Crippen molar-refractivity contribution < 1.29 is 13.2 Å². The maximum atomic E-state index is 12.5. The number of alkyl halides is 1. The first-order valence-corrected chi connectivity index (χ1v) is 8.48. The average Bonchev–Trinajstić information content (AvgIpc) is 2.48. The van der Waals surface area contributed by atoms with E-state index in [0.29, 0.717) is 29.6 Å². The van der Waals surface area contributed by atoms with Gasteiger partial charge in [-0.3, -0.25) is 4.90 Å². The Morgan fingerprint density at radius 2 is 1.75 bits per heavy atom. The fourth-order valence-electron chi connectivity index (χ4n) is 2.21. The van der Waals surface area contributed by atoms with E-state index in [1.54, 1.807) is 31.4 Å². The first-order chi connectivity index (χ1) is 9.57. The number of hydrogen-bond donors (Lipinski definition) is 0. The monoisotopic (exact) mass is 318 g/mol. The Morgan fingerprint density at radius 1 is 1.15 bits per heavy atom. The number of benzene rings is 1. The van der Waals surface area contributed by atoms with Crippen LogP contribution in [0.4, 0.5) is 0 Å². The molecular weight excluding hydrogens is 300 g/mol. The smallest absolute Gasteiger partial charge is 0.243 e. The van der Waals surface area contributed by atoms with Crippen molar-refractivity contribution >= 4 is 21.6 Å². The predicted molar refractivity (Wildman–Crippen MR) is 78.9 cm³/mol. The summed E-state index contributed by atoms with van der Waals surface area (Å²) >= 11 is 5.70. The van der Waals surface area contributed by atoms with Gasteiger partial charge in [-0.25, -0.2) is 8.42 Å². The molecule has 1 aliphatic rings. The van der Waals surface area contributed by atoms with Gasteiger partial charge in [-0.1, -0.05) is 0 Å². The molecular formula is C13H19ClN2O3S. The summed E-state index contributed by atoms with van der Waals surface area (Å²) in [6.07, 6.45) is 0. The molecule has 1 heterocycles. The summed E-state index contributed by atoms with van der Waals surface area (Å²) in [7, 11) is -1.85. The van der Waals surface area contributed by atoms with Gasteiger partial charge in [-0.05, 0) is 24.3 Å². The number of sulfonamides is 1. The first kappa shape index (κ1) is 15.6. The van der Waals surface area contributed by atoms with Crippen LogP contribution in [0.5, 0.6) is 5.75 Å². The molecule has 0 aromatic heterocycles. The van der Waals surface area contributed by atoms with E-state index in [-0.39, 0.29) is 0 Å². The molecule has 0 amide bonds. The second kappa shape index (κ2) is 6.76. The normalized spacial score (nSPS) is 18.1. The summed E-state index contributed by atoms with van der Waals surface area (Å²) < 4.78 is 31.6. The highest BCUT2D eigenvalue weighted by atomic mass is 35.5. The molecule has 7 heteroatoms. The molecule has 0 radical (unpaired) electrons. The van der Waals surface area contributed by atoms with Crippen molar-refractivity contribution in [2.45, 2.75) is 4.90 Å². The Morgan fingerprint density at radius 3 is 2.25 bits per heavy atom. The summed E-state index contributed by atoms with van der Waals surface area (Å²) in [5.74, 6) is 1.22. The van der Waals surface area contributed by atoms with Crippen LogP contribution in [0, 0.1) is 0 Å². The number of nitrogens with zero attached hydrogens (tertiary/aromatic N) is 2.